The van der Waals surface area contributed by atoms with Gasteiger partial charge >= 0.3 is 0 Å². The van der Waals surface area contributed by atoms with Crippen LogP contribution in [-0.2, 0) is 6.42 Å². The highest BCUT2D eigenvalue weighted by molar-refractivity contribution is 7.09. The predicted octanol–water partition coefficient (Wildman–Crippen LogP) is 5.04. The van der Waals surface area contributed by atoms with Crippen LogP contribution >= 0.6 is 11.3 Å². The summed E-state index contributed by atoms with van der Waals surface area (Å²) in [5.74, 6) is 1.51. The van der Waals surface area contributed by atoms with Crippen LogP contribution in [0.25, 0.3) is 0 Å². The fourth-order valence-corrected chi connectivity index (χ4v) is 4.06. The van der Waals surface area contributed by atoms with Crippen LogP contribution in [0.4, 0.5) is 0 Å². The van der Waals surface area contributed by atoms with E-state index in [4.69, 9.17) is 0 Å². The van der Waals surface area contributed by atoms with Crippen LogP contribution in [0.5, 0.6) is 0 Å². The van der Waals surface area contributed by atoms with Crippen LogP contribution in [0.15, 0.2) is 17.5 Å². The van der Waals surface area contributed by atoms with Crippen molar-refractivity contribution in [2.24, 2.45) is 11.8 Å². The number of rotatable bonds is 7. The summed E-state index contributed by atoms with van der Waals surface area (Å²) in [6.07, 6.45) is 11.2. The number of aliphatic hydroxyl groups excluding tert-OH is 1. The molecular formula is C17H28OS. The molecule has 0 bridgehead atoms. The molecule has 0 aromatic carbocycles. The van der Waals surface area contributed by atoms with E-state index >= 15 is 0 Å². The summed E-state index contributed by atoms with van der Waals surface area (Å²) in [4.78, 5) is 1.41. The molecule has 0 saturated heterocycles. The standard InChI is InChI=1S/C17H28OS/c1-2-3-5-14-7-9-15(10-8-14)17(18)12-11-16-6-4-13-19-16/h4,6,13-15,17-18H,2-3,5,7-12H2,1H3. The Balaban J connectivity index is 1.65. The molecule has 19 heavy (non-hydrogen) atoms. The second-order valence-electron chi connectivity index (χ2n) is 6.11. The molecule has 0 radical (unpaired) electrons. The molecule has 1 aliphatic rings. The molecule has 108 valence electrons. The Kier molecular flexibility index (Phi) is 6.39. The first-order valence-corrected chi connectivity index (χ1v) is 8.88. The summed E-state index contributed by atoms with van der Waals surface area (Å²) in [6.45, 7) is 2.28. The smallest absolute Gasteiger partial charge is 0.0571 e. The third-order valence-electron chi connectivity index (χ3n) is 4.67. The number of unbranched alkanes of at least 4 members (excludes halogenated alkanes) is 1. The van der Waals surface area contributed by atoms with Crippen molar-refractivity contribution in [1.29, 1.82) is 0 Å². The van der Waals surface area contributed by atoms with E-state index in [-0.39, 0.29) is 6.10 Å². The molecule has 1 fully saturated rings. The molecule has 2 rings (SSSR count). The van der Waals surface area contributed by atoms with Gasteiger partial charge in [0.2, 0.25) is 0 Å². The zero-order valence-corrected chi connectivity index (χ0v) is 13.0. The summed E-state index contributed by atoms with van der Waals surface area (Å²) < 4.78 is 0. The second kappa shape index (κ2) is 8.06. The molecule has 0 amide bonds. The minimum atomic E-state index is -0.0748. The normalized spacial score (nSPS) is 25.4. The van der Waals surface area contributed by atoms with Crippen molar-refractivity contribution >= 4 is 11.3 Å². The van der Waals surface area contributed by atoms with E-state index in [9.17, 15) is 5.11 Å². The van der Waals surface area contributed by atoms with E-state index < -0.39 is 0 Å². The van der Waals surface area contributed by atoms with Crippen molar-refractivity contribution in [1.82, 2.24) is 0 Å². The van der Waals surface area contributed by atoms with Gasteiger partial charge in [-0.2, -0.15) is 0 Å². The maximum absolute atomic E-state index is 10.3. The average Bonchev–Trinajstić information content (AvgIpc) is 2.96. The first kappa shape index (κ1) is 15.1. The zero-order valence-electron chi connectivity index (χ0n) is 12.2. The lowest BCUT2D eigenvalue weighted by Crippen LogP contribution is -2.26. The third kappa shape index (κ3) is 4.92. The van der Waals surface area contributed by atoms with Crippen LogP contribution in [0.3, 0.4) is 0 Å². The highest BCUT2D eigenvalue weighted by Crippen LogP contribution is 2.34. The van der Waals surface area contributed by atoms with Gasteiger partial charge in [-0.1, -0.05) is 45.1 Å². The molecule has 1 heterocycles. The number of thiophene rings is 1. The van der Waals surface area contributed by atoms with Crippen LogP contribution in [-0.4, -0.2) is 11.2 Å². The maximum Gasteiger partial charge on any atom is 0.0571 e. The van der Waals surface area contributed by atoms with Crippen LogP contribution < -0.4 is 0 Å². The van der Waals surface area contributed by atoms with E-state index in [1.807, 2.05) is 11.3 Å². The highest BCUT2D eigenvalue weighted by atomic mass is 32.1. The topological polar surface area (TPSA) is 20.2 Å². The molecule has 1 unspecified atom stereocenters. The predicted molar refractivity (Wildman–Crippen MR) is 83.6 cm³/mol. The monoisotopic (exact) mass is 280 g/mol. The second-order valence-corrected chi connectivity index (χ2v) is 7.14. The minimum absolute atomic E-state index is 0.0748. The summed E-state index contributed by atoms with van der Waals surface area (Å²) >= 11 is 1.81. The van der Waals surface area contributed by atoms with Crippen molar-refractivity contribution in [3.8, 4) is 0 Å². The Hall–Kier alpha value is -0.340. The summed E-state index contributed by atoms with van der Waals surface area (Å²) in [6, 6.07) is 4.28. The van der Waals surface area contributed by atoms with Crippen molar-refractivity contribution in [2.75, 3.05) is 0 Å². The van der Waals surface area contributed by atoms with Crippen molar-refractivity contribution in [3.05, 3.63) is 22.4 Å². The van der Waals surface area contributed by atoms with Gasteiger partial charge in [-0.15, -0.1) is 11.3 Å². The van der Waals surface area contributed by atoms with Crippen molar-refractivity contribution in [3.63, 3.8) is 0 Å². The van der Waals surface area contributed by atoms with Gasteiger partial charge in [0, 0.05) is 4.88 Å². The molecule has 1 atom stereocenters. The Morgan fingerprint density at radius 3 is 2.74 bits per heavy atom. The van der Waals surface area contributed by atoms with Crippen molar-refractivity contribution in [2.45, 2.75) is 70.8 Å². The molecule has 1 N–H and O–H groups in total. The molecule has 1 saturated carbocycles. The van der Waals surface area contributed by atoms with Gasteiger partial charge in [-0.05, 0) is 49.0 Å². The largest absolute Gasteiger partial charge is 0.393 e. The lowest BCUT2D eigenvalue weighted by molar-refractivity contribution is 0.0660. The first-order chi connectivity index (χ1) is 9.29. The van der Waals surface area contributed by atoms with Gasteiger partial charge < -0.3 is 5.11 Å². The van der Waals surface area contributed by atoms with E-state index in [1.165, 1.54) is 49.8 Å². The van der Waals surface area contributed by atoms with Crippen LogP contribution in [0.1, 0.15) is 63.2 Å². The molecule has 2 heteroatoms. The molecule has 1 aromatic rings. The van der Waals surface area contributed by atoms with Crippen LogP contribution in [0.2, 0.25) is 0 Å². The molecule has 1 aromatic heterocycles. The zero-order chi connectivity index (χ0) is 13.5. The number of hydrogen-bond donors (Lipinski definition) is 1. The fourth-order valence-electron chi connectivity index (χ4n) is 3.34. The molecule has 1 nitrogen and oxygen atoms in total. The summed E-state index contributed by atoms with van der Waals surface area (Å²) in [5.41, 5.74) is 0. The van der Waals surface area contributed by atoms with Gasteiger partial charge in [-0.25, -0.2) is 0 Å². The quantitative estimate of drug-likeness (QED) is 0.742. The maximum atomic E-state index is 10.3. The average molecular weight is 280 g/mol. The van der Waals surface area contributed by atoms with Gasteiger partial charge in [0.1, 0.15) is 0 Å². The minimum Gasteiger partial charge on any atom is -0.393 e. The molecule has 0 spiro atoms. The molecule has 1 aliphatic carbocycles. The van der Waals surface area contributed by atoms with E-state index in [1.54, 1.807) is 0 Å². The van der Waals surface area contributed by atoms with Gasteiger partial charge in [0.15, 0.2) is 0 Å². The van der Waals surface area contributed by atoms with Gasteiger partial charge in [0.05, 0.1) is 6.10 Å². The summed E-state index contributed by atoms with van der Waals surface area (Å²) in [5, 5.41) is 12.5. The Bertz CT molecular complexity index is 325. The fraction of sp³-hybridized carbons (Fsp3) is 0.765. The lowest BCUT2D eigenvalue weighted by atomic mass is 9.77. The first-order valence-electron chi connectivity index (χ1n) is 8.00. The third-order valence-corrected chi connectivity index (χ3v) is 5.60. The number of aryl methyl sites for hydroxylation is 1. The summed E-state index contributed by atoms with van der Waals surface area (Å²) in [7, 11) is 0. The molecular weight excluding hydrogens is 252 g/mol. The SMILES string of the molecule is CCCCC1CCC(C(O)CCc2cccs2)CC1. The molecule has 0 aliphatic heterocycles. The lowest BCUT2D eigenvalue weighted by Gasteiger charge is -2.31. The van der Waals surface area contributed by atoms with E-state index in [2.05, 4.69) is 24.4 Å². The van der Waals surface area contributed by atoms with Gasteiger partial charge in [0.25, 0.3) is 0 Å². The van der Waals surface area contributed by atoms with Crippen LogP contribution in [0, 0.1) is 11.8 Å². The Morgan fingerprint density at radius 2 is 2.11 bits per heavy atom. The van der Waals surface area contributed by atoms with Crippen molar-refractivity contribution < 1.29 is 5.11 Å². The highest BCUT2D eigenvalue weighted by Gasteiger charge is 2.25. The Morgan fingerprint density at radius 1 is 1.32 bits per heavy atom. The Labute approximate surface area is 122 Å². The van der Waals surface area contributed by atoms with E-state index in [0.717, 1.165) is 18.8 Å². The number of hydrogen-bond acceptors (Lipinski definition) is 2. The van der Waals surface area contributed by atoms with E-state index in [0.29, 0.717) is 5.92 Å². The number of aliphatic hydroxyl groups is 1. The van der Waals surface area contributed by atoms with Gasteiger partial charge in [-0.3, -0.25) is 0 Å².